The molecule has 1 unspecified atom stereocenters. The van der Waals surface area contributed by atoms with Crippen molar-refractivity contribution in [2.24, 2.45) is 5.92 Å². The number of carbonyl (C=O) groups is 1. The summed E-state index contributed by atoms with van der Waals surface area (Å²) in [5.41, 5.74) is 5.69. The maximum Gasteiger partial charge on any atom is 0.262 e. The summed E-state index contributed by atoms with van der Waals surface area (Å²) in [5.74, 6) is 0.839. The van der Waals surface area contributed by atoms with E-state index < -0.39 is 5.60 Å². The van der Waals surface area contributed by atoms with E-state index in [4.69, 9.17) is 32.9 Å². The highest BCUT2D eigenvalue weighted by Gasteiger charge is 2.37. The second-order valence-corrected chi connectivity index (χ2v) is 14.7. The van der Waals surface area contributed by atoms with Gasteiger partial charge in [0.2, 0.25) is 11.8 Å². The maximum atomic E-state index is 13.3. The number of halogens is 2. The van der Waals surface area contributed by atoms with E-state index in [-0.39, 0.29) is 23.4 Å². The van der Waals surface area contributed by atoms with Crippen LogP contribution in [0, 0.1) is 5.92 Å². The lowest BCUT2D eigenvalue weighted by atomic mass is 9.84. The average molecular weight is 728 g/mol. The van der Waals surface area contributed by atoms with E-state index >= 15 is 0 Å². The molecule has 264 valence electrons. The minimum absolute atomic E-state index is 0.0631. The van der Waals surface area contributed by atoms with Crippen LogP contribution in [0.5, 0.6) is 5.88 Å². The largest absolute Gasteiger partial charge is 0.481 e. The highest BCUT2D eigenvalue weighted by Crippen LogP contribution is 2.42. The third-order valence-electron chi connectivity index (χ3n) is 9.93. The summed E-state index contributed by atoms with van der Waals surface area (Å²) < 4.78 is 7.23. The Morgan fingerprint density at radius 1 is 0.980 bits per heavy atom. The molecule has 2 aliphatic rings. The number of rotatable bonds is 11. The van der Waals surface area contributed by atoms with Crippen molar-refractivity contribution in [3.8, 4) is 39.4 Å². The molecule has 3 N–H and O–H groups in total. The van der Waals surface area contributed by atoms with Crippen molar-refractivity contribution >= 4 is 34.8 Å². The molecule has 2 saturated heterocycles. The SMILES string of the molecule is COc1nc(-c2cccc(-c3cccc(-c4ccn5c(=O)c(CNCC6CCC(=O)N6)cnc5c4)c3Cl)c2Cl)ccc1CN1CC(C(C)(C)O)C1. The second kappa shape index (κ2) is 14.4. The fourth-order valence-electron chi connectivity index (χ4n) is 6.82. The topological polar surface area (TPSA) is 121 Å². The number of hydrogen-bond acceptors (Lipinski definition) is 8. The Hall–Kier alpha value is -4.32. The van der Waals surface area contributed by atoms with Gasteiger partial charge in [-0.05, 0) is 44.0 Å². The lowest BCUT2D eigenvalue weighted by Gasteiger charge is -2.45. The zero-order chi connectivity index (χ0) is 35.9. The first-order valence-electron chi connectivity index (χ1n) is 17.1. The molecule has 0 radical (unpaired) electrons. The third kappa shape index (κ3) is 7.24. The number of nitrogens with zero attached hydrogens (tertiary/aromatic N) is 4. The molecule has 10 nitrogen and oxygen atoms in total. The van der Waals surface area contributed by atoms with Gasteiger partial charge in [0.1, 0.15) is 5.65 Å². The van der Waals surface area contributed by atoms with Crippen molar-refractivity contribution < 1.29 is 14.6 Å². The molecule has 0 bridgehead atoms. The van der Waals surface area contributed by atoms with Gasteiger partial charge in [0, 0.05) is 96.9 Å². The number of ether oxygens (including phenoxy) is 1. The molecular formula is C39H40Cl2N6O4. The van der Waals surface area contributed by atoms with Gasteiger partial charge < -0.3 is 20.5 Å². The van der Waals surface area contributed by atoms with Crippen LogP contribution < -0.4 is 20.9 Å². The predicted octanol–water partition coefficient (Wildman–Crippen LogP) is 5.98. The number of pyridine rings is 2. The Labute approximate surface area is 306 Å². The summed E-state index contributed by atoms with van der Waals surface area (Å²) in [4.78, 5) is 36.4. The molecule has 51 heavy (non-hydrogen) atoms. The molecule has 2 aromatic carbocycles. The molecule has 2 aliphatic heterocycles. The highest BCUT2D eigenvalue weighted by atomic mass is 35.5. The van der Waals surface area contributed by atoms with Gasteiger partial charge in [-0.2, -0.15) is 0 Å². The number of likely N-dealkylation sites (tertiary alicyclic amines) is 1. The lowest BCUT2D eigenvalue weighted by Crippen LogP contribution is -2.55. The van der Waals surface area contributed by atoms with Gasteiger partial charge in [-0.3, -0.25) is 18.9 Å². The van der Waals surface area contributed by atoms with Crippen molar-refractivity contribution in [3.05, 3.63) is 105 Å². The van der Waals surface area contributed by atoms with E-state index in [1.165, 1.54) is 4.40 Å². The Kier molecular flexibility index (Phi) is 9.88. The van der Waals surface area contributed by atoms with Gasteiger partial charge in [0.15, 0.2) is 0 Å². The Morgan fingerprint density at radius 2 is 1.69 bits per heavy atom. The molecule has 7 rings (SSSR count). The van der Waals surface area contributed by atoms with Gasteiger partial charge in [-0.15, -0.1) is 0 Å². The first-order chi connectivity index (χ1) is 24.5. The van der Waals surface area contributed by atoms with E-state index in [2.05, 4.69) is 20.5 Å². The van der Waals surface area contributed by atoms with Crippen LogP contribution in [0.1, 0.15) is 37.8 Å². The molecule has 5 heterocycles. The number of nitrogens with one attached hydrogen (secondary N) is 2. The fraction of sp³-hybridized carbons (Fsp3) is 0.333. The molecule has 0 spiro atoms. The molecule has 0 saturated carbocycles. The summed E-state index contributed by atoms with van der Waals surface area (Å²) in [6.45, 7) is 6.98. The summed E-state index contributed by atoms with van der Waals surface area (Å²) in [6, 6.07) is 19.3. The third-order valence-corrected chi connectivity index (χ3v) is 10.7. The predicted molar refractivity (Wildman–Crippen MR) is 200 cm³/mol. The van der Waals surface area contributed by atoms with Gasteiger partial charge in [-0.1, -0.05) is 65.7 Å². The monoisotopic (exact) mass is 726 g/mol. The Balaban J connectivity index is 1.12. The normalized spacial score (nSPS) is 16.7. The van der Waals surface area contributed by atoms with Gasteiger partial charge in [0.05, 0.1) is 28.5 Å². The van der Waals surface area contributed by atoms with E-state index in [1.54, 1.807) is 19.5 Å². The first kappa shape index (κ1) is 35.1. The molecule has 5 aromatic rings. The molecule has 3 aromatic heterocycles. The molecule has 1 atom stereocenters. The lowest BCUT2D eigenvalue weighted by molar-refractivity contribution is -0.119. The van der Waals surface area contributed by atoms with Crippen LogP contribution in [0.25, 0.3) is 39.2 Å². The summed E-state index contributed by atoms with van der Waals surface area (Å²) in [7, 11) is 1.62. The summed E-state index contributed by atoms with van der Waals surface area (Å²) in [5, 5.41) is 17.5. The molecule has 0 aliphatic carbocycles. The number of amides is 1. The van der Waals surface area contributed by atoms with Crippen molar-refractivity contribution in [1.29, 1.82) is 0 Å². The average Bonchev–Trinajstić information content (AvgIpc) is 3.51. The standard InChI is InChI=1S/C39H40Cl2N6O4/c1-39(2,50)26-21-46(22-26)20-24-10-12-32(45-37(24)51-3)31-9-5-8-30(36(31)41)29-7-4-6-28(35(29)40)23-14-15-47-33(16-23)43-18-25(38(47)49)17-42-19-27-11-13-34(48)44-27/h4-10,12,14-16,18,26-27,42,50H,11,13,17,19-22H2,1-3H3,(H,44,48). The van der Waals surface area contributed by atoms with E-state index in [0.717, 1.165) is 52.9 Å². The molecule has 2 fully saturated rings. The number of fused-ring (bicyclic) bond motifs is 1. The Morgan fingerprint density at radius 3 is 2.37 bits per heavy atom. The minimum Gasteiger partial charge on any atom is -0.481 e. The Bertz CT molecular complexity index is 2180. The van der Waals surface area contributed by atoms with Crippen LogP contribution in [0.3, 0.4) is 0 Å². The molecular weight excluding hydrogens is 687 g/mol. The number of carbonyl (C=O) groups excluding carboxylic acids is 1. The van der Waals surface area contributed by atoms with Gasteiger partial charge in [0.25, 0.3) is 5.56 Å². The van der Waals surface area contributed by atoms with E-state index in [0.29, 0.717) is 58.9 Å². The smallest absolute Gasteiger partial charge is 0.262 e. The summed E-state index contributed by atoms with van der Waals surface area (Å²) in [6.07, 6.45) is 4.64. The van der Waals surface area contributed by atoms with Gasteiger partial charge >= 0.3 is 0 Å². The zero-order valence-corrected chi connectivity index (χ0v) is 30.3. The van der Waals surface area contributed by atoms with Crippen LogP contribution in [-0.2, 0) is 17.9 Å². The number of aliphatic hydroxyl groups is 1. The van der Waals surface area contributed by atoms with Crippen LogP contribution in [0.2, 0.25) is 10.0 Å². The van der Waals surface area contributed by atoms with Gasteiger partial charge in [-0.25, -0.2) is 9.97 Å². The fourth-order valence-corrected chi connectivity index (χ4v) is 7.48. The first-order valence-corrected chi connectivity index (χ1v) is 17.8. The van der Waals surface area contributed by atoms with E-state index in [9.17, 15) is 14.7 Å². The number of hydrogen-bond donors (Lipinski definition) is 3. The summed E-state index contributed by atoms with van der Waals surface area (Å²) >= 11 is 14.2. The van der Waals surface area contributed by atoms with Crippen LogP contribution >= 0.6 is 23.2 Å². The maximum absolute atomic E-state index is 13.3. The minimum atomic E-state index is -0.693. The quantitative estimate of drug-likeness (QED) is 0.152. The molecule has 1 amide bonds. The van der Waals surface area contributed by atoms with Crippen molar-refractivity contribution in [2.75, 3.05) is 26.7 Å². The van der Waals surface area contributed by atoms with Crippen molar-refractivity contribution in [3.63, 3.8) is 0 Å². The zero-order valence-electron chi connectivity index (χ0n) is 28.7. The highest BCUT2D eigenvalue weighted by molar-refractivity contribution is 6.39. The molecule has 12 heteroatoms. The van der Waals surface area contributed by atoms with Crippen molar-refractivity contribution in [1.82, 2.24) is 29.9 Å². The second-order valence-electron chi connectivity index (χ2n) is 13.9. The van der Waals surface area contributed by atoms with Crippen molar-refractivity contribution in [2.45, 2.75) is 51.4 Å². The number of methoxy groups -OCH3 is 1. The van der Waals surface area contributed by atoms with Crippen LogP contribution in [0.4, 0.5) is 0 Å². The number of benzene rings is 2. The van der Waals surface area contributed by atoms with E-state index in [1.807, 2.05) is 74.5 Å². The van der Waals surface area contributed by atoms with Crippen LogP contribution in [-0.4, -0.2) is 68.7 Å². The number of aromatic nitrogens is 3. The van der Waals surface area contributed by atoms with Crippen LogP contribution in [0.15, 0.2) is 77.9 Å².